The number of anilines is 1. The molecule has 1 aliphatic rings. The van der Waals surface area contributed by atoms with Crippen LogP contribution in [0, 0.1) is 11.7 Å². The number of carbonyl (C=O) groups excluding carboxylic acids is 1. The Balaban J connectivity index is 2.04. The minimum absolute atomic E-state index is 0.0126. The van der Waals surface area contributed by atoms with E-state index in [4.69, 9.17) is 5.73 Å². The lowest BCUT2D eigenvalue weighted by molar-refractivity contribution is 0.0769. The number of amides is 1. The van der Waals surface area contributed by atoms with Crippen molar-refractivity contribution < 1.29 is 9.18 Å². The summed E-state index contributed by atoms with van der Waals surface area (Å²) in [6.07, 6.45) is 2.41. The van der Waals surface area contributed by atoms with Crippen LogP contribution in [0.1, 0.15) is 16.8 Å². The van der Waals surface area contributed by atoms with Crippen LogP contribution in [0.4, 0.5) is 10.2 Å². The number of halogens is 1. The molecule has 2 N–H and O–H groups in total. The molecule has 1 amide bonds. The molecule has 1 aromatic rings. The summed E-state index contributed by atoms with van der Waals surface area (Å²) in [6, 6.07) is 1.37. The van der Waals surface area contributed by atoms with Crippen LogP contribution in [0.25, 0.3) is 0 Å². The zero-order valence-corrected chi connectivity index (χ0v) is 11.3. The van der Waals surface area contributed by atoms with Gasteiger partial charge in [-0.15, -0.1) is 0 Å². The molecule has 0 bridgehead atoms. The molecule has 1 fully saturated rings. The van der Waals surface area contributed by atoms with E-state index in [2.05, 4.69) is 16.9 Å². The first kappa shape index (κ1) is 13.7. The molecular weight excluding hydrogens is 247 g/mol. The van der Waals surface area contributed by atoms with Gasteiger partial charge in [-0.05, 0) is 32.0 Å². The molecule has 1 aliphatic heterocycles. The first-order valence-electron chi connectivity index (χ1n) is 6.33. The molecule has 0 saturated carbocycles. The maximum atomic E-state index is 13.7. The molecule has 2 rings (SSSR count). The molecule has 0 spiro atoms. The van der Waals surface area contributed by atoms with E-state index in [1.807, 2.05) is 0 Å². The zero-order valence-electron chi connectivity index (χ0n) is 11.3. The second kappa shape index (κ2) is 5.52. The second-order valence-electron chi connectivity index (χ2n) is 5.16. The number of pyridine rings is 1. The first-order valence-corrected chi connectivity index (χ1v) is 6.33. The molecule has 1 unspecified atom stereocenters. The molecule has 1 aromatic heterocycles. The lowest BCUT2D eigenvalue weighted by Gasteiger charge is -2.21. The van der Waals surface area contributed by atoms with E-state index in [1.165, 1.54) is 12.3 Å². The van der Waals surface area contributed by atoms with Gasteiger partial charge in [-0.25, -0.2) is 9.37 Å². The van der Waals surface area contributed by atoms with Gasteiger partial charge in [0.25, 0.3) is 5.91 Å². The van der Waals surface area contributed by atoms with Gasteiger partial charge >= 0.3 is 0 Å². The van der Waals surface area contributed by atoms with Crippen molar-refractivity contribution in [1.29, 1.82) is 0 Å². The van der Waals surface area contributed by atoms with Gasteiger partial charge in [-0.3, -0.25) is 4.79 Å². The summed E-state index contributed by atoms with van der Waals surface area (Å²) in [7, 11) is 3.75. The summed E-state index contributed by atoms with van der Waals surface area (Å²) in [5.74, 6) is -0.870. The molecule has 1 atom stereocenters. The average molecular weight is 266 g/mol. The molecule has 5 nitrogen and oxygen atoms in total. The van der Waals surface area contributed by atoms with Crippen molar-refractivity contribution in [2.75, 3.05) is 39.5 Å². The number of aromatic nitrogens is 1. The minimum atomic E-state index is -0.733. The smallest absolute Gasteiger partial charge is 0.256 e. The average Bonchev–Trinajstić information content (AvgIpc) is 2.77. The van der Waals surface area contributed by atoms with Crippen LogP contribution in [0.2, 0.25) is 0 Å². The van der Waals surface area contributed by atoms with E-state index in [1.54, 1.807) is 11.9 Å². The molecule has 6 heteroatoms. The third-order valence-electron chi connectivity index (χ3n) is 3.51. The topological polar surface area (TPSA) is 62.5 Å². The van der Waals surface area contributed by atoms with Gasteiger partial charge in [0.1, 0.15) is 0 Å². The van der Waals surface area contributed by atoms with Gasteiger partial charge in [0, 0.05) is 26.3 Å². The number of likely N-dealkylation sites (tertiary alicyclic amines) is 1. The summed E-state index contributed by atoms with van der Waals surface area (Å²) in [6.45, 7) is 2.65. The summed E-state index contributed by atoms with van der Waals surface area (Å²) < 4.78 is 13.7. The normalized spacial score (nSPS) is 19.6. The van der Waals surface area contributed by atoms with E-state index >= 15 is 0 Å². The standard InChI is InChI=1S/C13H19FN4O/c1-17-6-4-9(7-17)8-18(2)13(19)10-3-5-16-12(15)11(10)14/h3,5,9H,4,6-8H2,1-2H3,(H2,15,16). The maximum Gasteiger partial charge on any atom is 0.256 e. The van der Waals surface area contributed by atoms with Crippen LogP contribution in [0.3, 0.4) is 0 Å². The van der Waals surface area contributed by atoms with Crippen molar-refractivity contribution in [1.82, 2.24) is 14.8 Å². The third-order valence-corrected chi connectivity index (χ3v) is 3.51. The third kappa shape index (κ3) is 3.01. The lowest BCUT2D eigenvalue weighted by Crippen LogP contribution is -2.33. The fourth-order valence-corrected chi connectivity index (χ4v) is 2.48. The van der Waals surface area contributed by atoms with E-state index in [0.717, 1.165) is 19.5 Å². The van der Waals surface area contributed by atoms with E-state index < -0.39 is 5.82 Å². The van der Waals surface area contributed by atoms with Crippen molar-refractivity contribution in [3.05, 3.63) is 23.6 Å². The van der Waals surface area contributed by atoms with Gasteiger partial charge < -0.3 is 15.5 Å². The zero-order chi connectivity index (χ0) is 14.0. The van der Waals surface area contributed by atoms with Crippen LogP contribution in [0.15, 0.2) is 12.3 Å². The summed E-state index contributed by atoms with van der Waals surface area (Å²) in [5.41, 5.74) is 5.36. The predicted octanol–water partition coefficient (Wildman–Crippen LogP) is 0.827. The van der Waals surface area contributed by atoms with Crippen LogP contribution in [0.5, 0.6) is 0 Å². The highest BCUT2D eigenvalue weighted by atomic mass is 19.1. The summed E-state index contributed by atoms with van der Waals surface area (Å²) in [4.78, 5) is 19.6. The number of nitrogens with zero attached hydrogens (tertiary/aromatic N) is 3. The maximum absolute atomic E-state index is 13.7. The van der Waals surface area contributed by atoms with Gasteiger partial charge in [0.05, 0.1) is 5.56 Å². The van der Waals surface area contributed by atoms with Crippen molar-refractivity contribution in [2.24, 2.45) is 5.92 Å². The van der Waals surface area contributed by atoms with E-state index in [-0.39, 0.29) is 17.3 Å². The number of hydrogen-bond acceptors (Lipinski definition) is 4. The van der Waals surface area contributed by atoms with Crippen molar-refractivity contribution in [2.45, 2.75) is 6.42 Å². The van der Waals surface area contributed by atoms with Gasteiger partial charge in [0.15, 0.2) is 11.6 Å². The van der Waals surface area contributed by atoms with Crippen LogP contribution >= 0.6 is 0 Å². The predicted molar refractivity (Wildman–Crippen MR) is 71.2 cm³/mol. The molecule has 0 aromatic carbocycles. The van der Waals surface area contributed by atoms with Crippen molar-refractivity contribution in [3.8, 4) is 0 Å². The molecule has 104 valence electrons. The largest absolute Gasteiger partial charge is 0.381 e. The summed E-state index contributed by atoms with van der Waals surface area (Å²) in [5, 5.41) is 0. The Labute approximate surface area is 112 Å². The number of rotatable bonds is 3. The highest BCUT2D eigenvalue weighted by molar-refractivity contribution is 5.94. The fraction of sp³-hybridized carbons (Fsp3) is 0.538. The molecule has 2 heterocycles. The van der Waals surface area contributed by atoms with Gasteiger partial charge in [0.2, 0.25) is 0 Å². The molecule has 0 radical (unpaired) electrons. The van der Waals surface area contributed by atoms with Crippen LogP contribution in [-0.4, -0.2) is 54.4 Å². The Morgan fingerprint density at radius 1 is 1.68 bits per heavy atom. The Bertz CT molecular complexity index is 480. The van der Waals surface area contributed by atoms with Crippen molar-refractivity contribution in [3.63, 3.8) is 0 Å². The van der Waals surface area contributed by atoms with Crippen molar-refractivity contribution >= 4 is 11.7 Å². The first-order chi connectivity index (χ1) is 8.99. The molecule has 19 heavy (non-hydrogen) atoms. The molecular formula is C13H19FN4O. The highest BCUT2D eigenvalue weighted by Gasteiger charge is 2.24. The lowest BCUT2D eigenvalue weighted by atomic mass is 10.1. The quantitative estimate of drug-likeness (QED) is 0.880. The SMILES string of the molecule is CN1CCC(CN(C)C(=O)c2ccnc(N)c2F)C1. The van der Waals surface area contributed by atoms with Gasteiger partial charge in [-0.1, -0.05) is 0 Å². The van der Waals surface area contributed by atoms with Gasteiger partial charge in [-0.2, -0.15) is 0 Å². The Morgan fingerprint density at radius 3 is 3.05 bits per heavy atom. The monoisotopic (exact) mass is 266 g/mol. The number of carbonyl (C=O) groups is 1. The highest BCUT2D eigenvalue weighted by Crippen LogP contribution is 2.18. The Hall–Kier alpha value is -1.69. The Kier molecular flexibility index (Phi) is 3.99. The number of hydrogen-bond donors (Lipinski definition) is 1. The summed E-state index contributed by atoms with van der Waals surface area (Å²) >= 11 is 0. The second-order valence-corrected chi connectivity index (χ2v) is 5.16. The fourth-order valence-electron chi connectivity index (χ4n) is 2.48. The number of nitrogens with two attached hydrogens (primary N) is 1. The van der Waals surface area contributed by atoms with Crippen LogP contribution < -0.4 is 5.73 Å². The van der Waals surface area contributed by atoms with E-state index in [0.29, 0.717) is 12.5 Å². The Morgan fingerprint density at radius 2 is 2.42 bits per heavy atom. The van der Waals surface area contributed by atoms with E-state index in [9.17, 15) is 9.18 Å². The van der Waals surface area contributed by atoms with Crippen LogP contribution in [-0.2, 0) is 0 Å². The molecule has 0 aliphatic carbocycles. The number of nitrogen functional groups attached to an aromatic ring is 1. The minimum Gasteiger partial charge on any atom is -0.381 e. The molecule has 1 saturated heterocycles.